The van der Waals surface area contributed by atoms with Crippen LogP contribution in [-0.4, -0.2) is 39.9 Å². The second kappa shape index (κ2) is 7.95. The lowest BCUT2D eigenvalue weighted by Crippen LogP contribution is -2.19. The number of H-pyrrole nitrogens is 1. The number of ether oxygens (including phenoxy) is 2. The minimum atomic E-state index is -0.394. The van der Waals surface area contributed by atoms with Crippen LogP contribution in [0.5, 0.6) is 11.5 Å². The molecule has 2 aromatic heterocycles. The number of aromatic nitrogens is 4. The van der Waals surface area contributed by atoms with Crippen molar-refractivity contribution in [3.63, 3.8) is 0 Å². The third-order valence-corrected chi connectivity index (χ3v) is 4.07. The van der Waals surface area contributed by atoms with E-state index in [1.165, 1.54) is 25.0 Å². The number of carbonyl (C=O) groups is 1. The largest absolute Gasteiger partial charge is 0.497 e. The van der Waals surface area contributed by atoms with Gasteiger partial charge in [0.05, 0.1) is 25.5 Å². The summed E-state index contributed by atoms with van der Waals surface area (Å²) in [5.41, 5.74) is 1.32. The molecule has 0 bridgehead atoms. The molecule has 146 valence electrons. The summed E-state index contributed by atoms with van der Waals surface area (Å²) in [6.07, 6.45) is 0.599. The van der Waals surface area contributed by atoms with E-state index in [0.29, 0.717) is 40.7 Å². The predicted molar refractivity (Wildman–Crippen MR) is 104 cm³/mol. The van der Waals surface area contributed by atoms with Crippen LogP contribution in [0.15, 0.2) is 35.1 Å². The van der Waals surface area contributed by atoms with Gasteiger partial charge in [-0.3, -0.25) is 14.6 Å². The number of hydrogen-bond donors (Lipinski definition) is 2. The molecule has 3 rings (SSSR count). The Kier molecular flexibility index (Phi) is 5.44. The van der Waals surface area contributed by atoms with Crippen LogP contribution in [0.4, 0.5) is 5.82 Å². The highest BCUT2D eigenvalue weighted by molar-refractivity contribution is 6.06. The average Bonchev–Trinajstić information content (AvgIpc) is 3.06. The van der Waals surface area contributed by atoms with Crippen molar-refractivity contribution < 1.29 is 14.3 Å². The highest BCUT2D eigenvalue weighted by Crippen LogP contribution is 2.26. The van der Waals surface area contributed by atoms with Gasteiger partial charge in [-0.1, -0.05) is 6.92 Å². The molecule has 0 radical (unpaired) electrons. The molecular formula is C19H21N5O4. The van der Waals surface area contributed by atoms with Crippen molar-refractivity contribution in [2.24, 2.45) is 0 Å². The molecule has 2 N–H and O–H groups in total. The van der Waals surface area contributed by atoms with E-state index in [9.17, 15) is 9.59 Å². The van der Waals surface area contributed by atoms with Crippen molar-refractivity contribution in [1.82, 2.24) is 19.7 Å². The fourth-order valence-electron chi connectivity index (χ4n) is 2.70. The SMILES string of the molecule is CCc1cc(=O)[nH]c(-n2nc(C)cc2NC(=O)c2ccc(OC)cc2OC)n1. The van der Waals surface area contributed by atoms with Crippen LogP contribution in [0.2, 0.25) is 0 Å². The van der Waals surface area contributed by atoms with Crippen LogP contribution in [0.3, 0.4) is 0 Å². The Hall–Kier alpha value is -3.62. The topological polar surface area (TPSA) is 111 Å². The first-order valence-electron chi connectivity index (χ1n) is 8.65. The molecule has 28 heavy (non-hydrogen) atoms. The Balaban J connectivity index is 1.97. The highest BCUT2D eigenvalue weighted by Gasteiger charge is 2.18. The van der Waals surface area contributed by atoms with Gasteiger partial charge in [0.25, 0.3) is 11.5 Å². The summed E-state index contributed by atoms with van der Waals surface area (Å²) in [6.45, 7) is 3.68. The van der Waals surface area contributed by atoms with Crippen LogP contribution in [0, 0.1) is 6.92 Å². The predicted octanol–water partition coefficient (Wildman–Crippen LogP) is 2.10. The zero-order valence-corrected chi connectivity index (χ0v) is 16.1. The third kappa shape index (κ3) is 3.88. The summed E-state index contributed by atoms with van der Waals surface area (Å²) in [5, 5.41) is 7.13. The fraction of sp³-hybridized carbons (Fsp3) is 0.263. The van der Waals surface area contributed by atoms with Gasteiger partial charge in [0.1, 0.15) is 17.3 Å². The van der Waals surface area contributed by atoms with Gasteiger partial charge in [0.2, 0.25) is 5.95 Å². The first-order chi connectivity index (χ1) is 13.4. The molecule has 3 aromatic rings. The van der Waals surface area contributed by atoms with Crippen LogP contribution in [0.1, 0.15) is 28.7 Å². The number of aryl methyl sites for hydroxylation is 2. The number of carbonyl (C=O) groups excluding carboxylic acids is 1. The van der Waals surface area contributed by atoms with Gasteiger partial charge < -0.3 is 14.8 Å². The van der Waals surface area contributed by atoms with Crippen molar-refractivity contribution in [2.45, 2.75) is 20.3 Å². The van der Waals surface area contributed by atoms with Gasteiger partial charge in [-0.05, 0) is 25.5 Å². The molecule has 2 heterocycles. The standard InChI is InChI=1S/C19H21N5O4/c1-5-12-9-17(25)22-19(20-12)24-16(8-11(2)23-24)21-18(26)14-7-6-13(27-3)10-15(14)28-4/h6-10H,5H2,1-4H3,(H,21,26)(H,20,22,25). The monoisotopic (exact) mass is 383 g/mol. The van der Waals surface area contributed by atoms with Gasteiger partial charge in [0.15, 0.2) is 0 Å². The minimum absolute atomic E-state index is 0.231. The number of rotatable bonds is 6. The van der Waals surface area contributed by atoms with E-state index in [-0.39, 0.29) is 11.5 Å². The minimum Gasteiger partial charge on any atom is -0.497 e. The Morgan fingerprint density at radius 2 is 2.00 bits per heavy atom. The van der Waals surface area contributed by atoms with Gasteiger partial charge in [-0.25, -0.2) is 4.98 Å². The number of anilines is 1. The zero-order chi connectivity index (χ0) is 20.3. The number of nitrogens with zero attached hydrogens (tertiary/aromatic N) is 3. The van der Waals surface area contributed by atoms with E-state index in [4.69, 9.17) is 9.47 Å². The summed E-state index contributed by atoms with van der Waals surface area (Å²) >= 11 is 0. The van der Waals surface area contributed by atoms with E-state index in [1.54, 1.807) is 31.2 Å². The lowest BCUT2D eigenvalue weighted by atomic mass is 10.1. The number of benzene rings is 1. The zero-order valence-electron chi connectivity index (χ0n) is 16.1. The molecule has 0 unspecified atom stereocenters. The summed E-state index contributed by atoms with van der Waals surface area (Å²) < 4.78 is 11.8. The quantitative estimate of drug-likeness (QED) is 0.674. The summed E-state index contributed by atoms with van der Waals surface area (Å²) in [5.74, 6) is 1.16. The number of nitrogens with one attached hydrogen (secondary N) is 2. The van der Waals surface area contributed by atoms with E-state index >= 15 is 0 Å². The van der Waals surface area contributed by atoms with E-state index < -0.39 is 5.91 Å². The first-order valence-corrected chi connectivity index (χ1v) is 8.65. The number of methoxy groups -OCH3 is 2. The van der Waals surface area contributed by atoms with Crippen molar-refractivity contribution in [1.29, 1.82) is 0 Å². The molecule has 0 spiro atoms. The van der Waals surface area contributed by atoms with Crippen molar-refractivity contribution in [3.05, 3.63) is 57.6 Å². The molecule has 0 aliphatic rings. The maximum Gasteiger partial charge on any atom is 0.260 e. The van der Waals surface area contributed by atoms with E-state index in [0.717, 1.165) is 0 Å². The maximum absolute atomic E-state index is 12.8. The van der Waals surface area contributed by atoms with Gasteiger partial charge in [-0.15, -0.1) is 0 Å². The van der Waals surface area contributed by atoms with Gasteiger partial charge in [0, 0.05) is 23.9 Å². The van der Waals surface area contributed by atoms with Crippen molar-refractivity contribution in [2.75, 3.05) is 19.5 Å². The lowest BCUT2D eigenvalue weighted by Gasteiger charge is -2.12. The molecule has 9 heteroatoms. The lowest BCUT2D eigenvalue weighted by molar-refractivity contribution is 0.102. The second-order valence-electron chi connectivity index (χ2n) is 6.02. The number of amides is 1. The van der Waals surface area contributed by atoms with Crippen LogP contribution in [0.25, 0.3) is 5.95 Å². The number of hydrogen-bond acceptors (Lipinski definition) is 6. The molecule has 0 aliphatic heterocycles. The molecule has 0 atom stereocenters. The summed E-state index contributed by atoms with van der Waals surface area (Å²) in [7, 11) is 3.01. The van der Waals surface area contributed by atoms with Crippen LogP contribution in [-0.2, 0) is 6.42 Å². The molecule has 1 amide bonds. The van der Waals surface area contributed by atoms with Gasteiger partial charge in [-0.2, -0.15) is 9.78 Å². The van der Waals surface area contributed by atoms with Gasteiger partial charge >= 0.3 is 0 Å². The normalized spacial score (nSPS) is 10.6. The Morgan fingerprint density at radius 1 is 1.21 bits per heavy atom. The molecule has 0 fully saturated rings. The van der Waals surface area contributed by atoms with Crippen molar-refractivity contribution >= 4 is 11.7 Å². The van der Waals surface area contributed by atoms with Crippen LogP contribution >= 0.6 is 0 Å². The Labute approximate surface area is 161 Å². The second-order valence-corrected chi connectivity index (χ2v) is 6.02. The molecular weight excluding hydrogens is 362 g/mol. The van der Waals surface area contributed by atoms with Crippen LogP contribution < -0.4 is 20.3 Å². The molecule has 0 saturated heterocycles. The molecule has 0 aliphatic carbocycles. The third-order valence-electron chi connectivity index (χ3n) is 4.07. The molecule has 0 saturated carbocycles. The molecule has 1 aromatic carbocycles. The first kappa shape index (κ1) is 19.2. The molecule has 9 nitrogen and oxygen atoms in total. The fourth-order valence-corrected chi connectivity index (χ4v) is 2.70. The van der Waals surface area contributed by atoms with E-state index in [1.807, 2.05) is 6.92 Å². The van der Waals surface area contributed by atoms with E-state index in [2.05, 4.69) is 20.4 Å². The Bertz CT molecular complexity index is 1070. The Morgan fingerprint density at radius 3 is 2.68 bits per heavy atom. The maximum atomic E-state index is 12.8. The highest BCUT2D eigenvalue weighted by atomic mass is 16.5. The smallest absolute Gasteiger partial charge is 0.260 e. The number of aromatic amines is 1. The summed E-state index contributed by atoms with van der Waals surface area (Å²) in [6, 6.07) is 8.02. The summed E-state index contributed by atoms with van der Waals surface area (Å²) in [4.78, 5) is 31.7. The average molecular weight is 383 g/mol. The van der Waals surface area contributed by atoms with Crippen molar-refractivity contribution in [3.8, 4) is 17.4 Å².